The summed E-state index contributed by atoms with van der Waals surface area (Å²) < 4.78 is 21.2. The van der Waals surface area contributed by atoms with Crippen LogP contribution >= 0.6 is 11.3 Å². The van der Waals surface area contributed by atoms with Crippen LogP contribution in [0.3, 0.4) is 0 Å². The van der Waals surface area contributed by atoms with Crippen molar-refractivity contribution in [3.05, 3.63) is 93.2 Å². The molecule has 158 valence electrons. The van der Waals surface area contributed by atoms with Crippen LogP contribution in [-0.4, -0.2) is 20.7 Å². The van der Waals surface area contributed by atoms with Gasteiger partial charge in [-0.15, -0.1) is 16.4 Å². The molecule has 0 saturated heterocycles. The van der Waals surface area contributed by atoms with E-state index < -0.39 is 0 Å². The summed E-state index contributed by atoms with van der Waals surface area (Å²) in [5.41, 5.74) is 3.68. The maximum atomic E-state index is 13.8. The fraction of sp³-hybridized carbons (Fsp3) is 0.174. The average Bonchev–Trinajstić information content (AvgIpc) is 3.40. The Morgan fingerprint density at radius 2 is 2.03 bits per heavy atom. The van der Waals surface area contributed by atoms with Crippen LogP contribution in [0.25, 0.3) is 0 Å². The Balaban J connectivity index is 1.35. The molecule has 6 nitrogen and oxygen atoms in total. The van der Waals surface area contributed by atoms with Crippen molar-refractivity contribution in [3.8, 4) is 5.75 Å². The SMILES string of the molecule is Cc1cccc(OCc2csc(C(=O)Nc3ncn(Cc4ccccc4F)n3)c2)c1C. The lowest BCUT2D eigenvalue weighted by molar-refractivity contribution is 0.102. The average molecular weight is 437 g/mol. The van der Waals surface area contributed by atoms with Crippen LogP contribution in [0.4, 0.5) is 10.3 Å². The summed E-state index contributed by atoms with van der Waals surface area (Å²) in [4.78, 5) is 17.1. The first kappa shape index (κ1) is 20.7. The van der Waals surface area contributed by atoms with Crippen LogP contribution < -0.4 is 10.1 Å². The Morgan fingerprint density at radius 3 is 2.87 bits per heavy atom. The van der Waals surface area contributed by atoms with Gasteiger partial charge in [-0.05, 0) is 48.6 Å². The lowest BCUT2D eigenvalue weighted by Gasteiger charge is -2.09. The molecule has 0 atom stereocenters. The second-order valence-corrected chi connectivity index (χ2v) is 8.03. The van der Waals surface area contributed by atoms with Crippen molar-refractivity contribution < 1.29 is 13.9 Å². The highest BCUT2D eigenvalue weighted by atomic mass is 32.1. The van der Waals surface area contributed by atoms with Crippen LogP contribution in [-0.2, 0) is 13.2 Å². The number of anilines is 1. The van der Waals surface area contributed by atoms with Crippen molar-refractivity contribution in [2.75, 3.05) is 5.32 Å². The molecule has 2 aromatic carbocycles. The number of aromatic nitrogens is 3. The summed E-state index contributed by atoms with van der Waals surface area (Å²) in [6.45, 7) is 4.67. The standard InChI is InChI=1S/C23H21FN4O2S/c1-15-6-5-9-20(16(15)2)30-12-17-10-21(31-13-17)22(29)26-23-25-14-28(27-23)11-18-7-3-4-8-19(18)24/h3-10,13-14H,11-12H2,1-2H3,(H,26,27,29). The van der Waals surface area contributed by atoms with E-state index in [9.17, 15) is 9.18 Å². The lowest BCUT2D eigenvalue weighted by atomic mass is 10.1. The molecule has 0 aliphatic carbocycles. The number of hydrogen-bond acceptors (Lipinski definition) is 5. The second kappa shape index (κ2) is 9.09. The smallest absolute Gasteiger partial charge is 0.268 e. The first-order valence-electron chi connectivity index (χ1n) is 9.70. The number of aryl methyl sites for hydroxylation is 1. The normalized spacial score (nSPS) is 10.8. The quantitative estimate of drug-likeness (QED) is 0.444. The molecule has 0 unspecified atom stereocenters. The number of halogens is 1. The first-order valence-corrected chi connectivity index (χ1v) is 10.6. The highest BCUT2D eigenvalue weighted by Crippen LogP contribution is 2.23. The molecule has 4 rings (SSSR count). The molecule has 0 aliphatic heterocycles. The van der Waals surface area contributed by atoms with Gasteiger partial charge in [0.1, 0.15) is 24.5 Å². The number of benzene rings is 2. The zero-order valence-corrected chi connectivity index (χ0v) is 17.9. The number of carbonyl (C=O) groups is 1. The molecule has 0 saturated carbocycles. The molecule has 0 radical (unpaired) electrons. The Kier molecular flexibility index (Phi) is 6.08. The topological polar surface area (TPSA) is 69.0 Å². The fourth-order valence-electron chi connectivity index (χ4n) is 3.00. The van der Waals surface area contributed by atoms with Crippen LogP contribution in [0.15, 0.2) is 60.2 Å². The van der Waals surface area contributed by atoms with Crippen molar-refractivity contribution >= 4 is 23.2 Å². The van der Waals surface area contributed by atoms with E-state index in [1.54, 1.807) is 24.3 Å². The van der Waals surface area contributed by atoms with Gasteiger partial charge in [0.2, 0.25) is 5.95 Å². The van der Waals surface area contributed by atoms with Crippen LogP contribution in [0.1, 0.15) is 31.9 Å². The lowest BCUT2D eigenvalue weighted by Crippen LogP contribution is -2.12. The molecule has 0 fully saturated rings. The zero-order valence-electron chi connectivity index (χ0n) is 17.1. The third-order valence-electron chi connectivity index (χ3n) is 4.88. The van der Waals surface area contributed by atoms with Crippen molar-refractivity contribution in [2.24, 2.45) is 0 Å². The molecule has 1 amide bonds. The molecular weight excluding hydrogens is 415 g/mol. The molecule has 0 spiro atoms. The van der Waals surface area contributed by atoms with E-state index in [0.29, 0.717) is 17.0 Å². The van der Waals surface area contributed by atoms with Gasteiger partial charge < -0.3 is 4.74 Å². The number of nitrogens with zero attached hydrogens (tertiary/aromatic N) is 3. The van der Waals surface area contributed by atoms with E-state index >= 15 is 0 Å². The molecule has 4 aromatic rings. The zero-order chi connectivity index (χ0) is 21.8. The predicted octanol–water partition coefficient (Wildman–Crippen LogP) is 4.98. The fourth-order valence-corrected chi connectivity index (χ4v) is 3.80. The van der Waals surface area contributed by atoms with Gasteiger partial charge in [-0.25, -0.2) is 14.1 Å². The summed E-state index contributed by atoms with van der Waals surface area (Å²) in [6.07, 6.45) is 1.46. The molecule has 31 heavy (non-hydrogen) atoms. The summed E-state index contributed by atoms with van der Waals surface area (Å²) in [5, 5.41) is 8.77. The summed E-state index contributed by atoms with van der Waals surface area (Å²) in [5.74, 6) is 0.397. The summed E-state index contributed by atoms with van der Waals surface area (Å²) in [7, 11) is 0. The molecule has 0 aliphatic rings. The Labute approximate surface area is 183 Å². The van der Waals surface area contributed by atoms with E-state index in [2.05, 4.69) is 15.4 Å². The van der Waals surface area contributed by atoms with Crippen LogP contribution in [0.5, 0.6) is 5.75 Å². The van der Waals surface area contributed by atoms with E-state index in [1.807, 2.05) is 37.4 Å². The number of nitrogens with one attached hydrogen (secondary N) is 1. The first-order chi connectivity index (χ1) is 15.0. The molecule has 8 heteroatoms. The van der Waals surface area contributed by atoms with E-state index in [4.69, 9.17) is 4.74 Å². The van der Waals surface area contributed by atoms with E-state index in [-0.39, 0.29) is 24.2 Å². The number of amides is 1. The molecular formula is C23H21FN4O2S. The van der Waals surface area contributed by atoms with E-state index in [0.717, 1.165) is 16.9 Å². The summed E-state index contributed by atoms with van der Waals surface area (Å²) >= 11 is 1.33. The molecule has 0 bridgehead atoms. The van der Waals surface area contributed by atoms with Gasteiger partial charge in [-0.3, -0.25) is 10.1 Å². The largest absolute Gasteiger partial charge is 0.489 e. The van der Waals surface area contributed by atoms with Gasteiger partial charge in [0, 0.05) is 11.1 Å². The van der Waals surface area contributed by atoms with Gasteiger partial charge in [0.05, 0.1) is 11.4 Å². The number of ether oxygens (including phenoxy) is 1. The van der Waals surface area contributed by atoms with Gasteiger partial charge in [-0.2, -0.15) is 0 Å². The van der Waals surface area contributed by atoms with Gasteiger partial charge in [-0.1, -0.05) is 30.3 Å². The van der Waals surface area contributed by atoms with Crippen molar-refractivity contribution in [1.29, 1.82) is 0 Å². The predicted molar refractivity (Wildman–Crippen MR) is 118 cm³/mol. The number of carbonyl (C=O) groups excluding carboxylic acids is 1. The molecule has 1 N–H and O–H groups in total. The Hall–Kier alpha value is -3.52. The van der Waals surface area contributed by atoms with Gasteiger partial charge >= 0.3 is 0 Å². The monoisotopic (exact) mass is 436 g/mol. The minimum atomic E-state index is -0.308. The highest BCUT2D eigenvalue weighted by Gasteiger charge is 2.13. The number of hydrogen-bond donors (Lipinski definition) is 1. The third kappa shape index (κ3) is 4.97. The Bertz CT molecular complexity index is 1220. The van der Waals surface area contributed by atoms with Gasteiger partial charge in [0.15, 0.2) is 0 Å². The second-order valence-electron chi connectivity index (χ2n) is 7.12. The third-order valence-corrected chi connectivity index (χ3v) is 5.86. The molecule has 2 heterocycles. The van der Waals surface area contributed by atoms with Crippen LogP contribution in [0.2, 0.25) is 0 Å². The van der Waals surface area contributed by atoms with E-state index in [1.165, 1.54) is 34.0 Å². The highest BCUT2D eigenvalue weighted by molar-refractivity contribution is 7.12. The minimum Gasteiger partial charge on any atom is -0.489 e. The maximum Gasteiger partial charge on any atom is 0.268 e. The Morgan fingerprint density at radius 1 is 1.19 bits per heavy atom. The maximum absolute atomic E-state index is 13.8. The molecule has 2 aromatic heterocycles. The van der Waals surface area contributed by atoms with Crippen molar-refractivity contribution in [2.45, 2.75) is 27.0 Å². The minimum absolute atomic E-state index is 0.169. The number of thiophene rings is 1. The number of rotatable bonds is 7. The van der Waals surface area contributed by atoms with Crippen molar-refractivity contribution in [1.82, 2.24) is 14.8 Å². The summed E-state index contributed by atoms with van der Waals surface area (Å²) in [6, 6.07) is 14.2. The van der Waals surface area contributed by atoms with Crippen LogP contribution in [0, 0.1) is 19.7 Å². The van der Waals surface area contributed by atoms with Crippen molar-refractivity contribution in [3.63, 3.8) is 0 Å². The van der Waals surface area contributed by atoms with Gasteiger partial charge in [0.25, 0.3) is 5.91 Å².